The van der Waals surface area contributed by atoms with Gasteiger partial charge in [-0.15, -0.1) is 0 Å². The third-order valence-electron chi connectivity index (χ3n) is 8.07. The van der Waals surface area contributed by atoms with E-state index in [1.807, 2.05) is 11.0 Å². The summed E-state index contributed by atoms with van der Waals surface area (Å²) in [6.45, 7) is 5.45. The van der Waals surface area contributed by atoms with E-state index in [4.69, 9.17) is 9.47 Å². The van der Waals surface area contributed by atoms with Crippen molar-refractivity contribution in [1.82, 2.24) is 20.0 Å². The van der Waals surface area contributed by atoms with E-state index in [1.54, 1.807) is 42.3 Å². The summed E-state index contributed by atoms with van der Waals surface area (Å²) >= 11 is 0. The van der Waals surface area contributed by atoms with E-state index >= 15 is 0 Å². The largest absolute Gasteiger partial charge is 0.497 e. The predicted molar refractivity (Wildman–Crippen MR) is 146 cm³/mol. The number of rotatable bonds is 8. The molecule has 2 aromatic carbocycles. The maximum absolute atomic E-state index is 13.9. The minimum atomic E-state index is -0.549. The second-order valence-electron chi connectivity index (χ2n) is 10.7. The van der Waals surface area contributed by atoms with Crippen molar-refractivity contribution in [2.45, 2.75) is 50.4 Å². The summed E-state index contributed by atoms with van der Waals surface area (Å²) in [7, 11) is 1.58. The van der Waals surface area contributed by atoms with E-state index in [9.17, 15) is 14.0 Å². The van der Waals surface area contributed by atoms with Gasteiger partial charge in [0.05, 0.1) is 13.2 Å². The van der Waals surface area contributed by atoms with Gasteiger partial charge < -0.3 is 24.6 Å². The Kier molecular flexibility index (Phi) is 9.11. The molecule has 3 saturated heterocycles. The zero-order valence-electron chi connectivity index (χ0n) is 22.7. The highest BCUT2D eigenvalue weighted by Gasteiger charge is 2.44. The van der Waals surface area contributed by atoms with Gasteiger partial charge >= 0.3 is 0 Å². The molecule has 3 heterocycles. The lowest BCUT2D eigenvalue weighted by Crippen LogP contribution is -2.48. The topological polar surface area (TPSA) is 74.4 Å². The van der Waals surface area contributed by atoms with Gasteiger partial charge in [0.2, 0.25) is 5.91 Å². The molecular weight excluding hydrogens is 499 g/mol. The van der Waals surface area contributed by atoms with Gasteiger partial charge in [-0.25, -0.2) is 4.39 Å². The van der Waals surface area contributed by atoms with Gasteiger partial charge in [0.15, 0.2) is 0 Å². The summed E-state index contributed by atoms with van der Waals surface area (Å²) in [6.07, 6.45) is 3.57. The number of nitrogens with zero attached hydrogens (tertiary/aromatic N) is 3. The number of halogens is 1. The van der Waals surface area contributed by atoms with Crippen LogP contribution in [0.3, 0.4) is 0 Å². The molecule has 0 aliphatic carbocycles. The molecule has 0 spiro atoms. The monoisotopic (exact) mass is 538 g/mol. The Morgan fingerprint density at radius 2 is 1.97 bits per heavy atom. The molecule has 3 unspecified atom stereocenters. The maximum atomic E-state index is 13.9. The molecule has 39 heavy (non-hydrogen) atoms. The molecule has 3 aliphatic rings. The number of carbonyl (C=O) groups excluding carboxylic acids is 2. The van der Waals surface area contributed by atoms with Crippen molar-refractivity contribution in [3.8, 4) is 5.75 Å². The van der Waals surface area contributed by atoms with Crippen LogP contribution in [-0.4, -0.2) is 97.7 Å². The molecule has 3 fully saturated rings. The Labute approximate surface area is 230 Å². The van der Waals surface area contributed by atoms with Gasteiger partial charge in [-0.3, -0.25) is 14.5 Å². The van der Waals surface area contributed by atoms with Crippen LogP contribution < -0.4 is 10.1 Å². The Morgan fingerprint density at radius 3 is 2.74 bits per heavy atom. The number of likely N-dealkylation sites (tertiary alicyclic amines) is 1. The summed E-state index contributed by atoms with van der Waals surface area (Å²) in [6, 6.07) is 13.1. The molecule has 8 nitrogen and oxygen atoms in total. The fourth-order valence-corrected chi connectivity index (χ4v) is 5.95. The molecule has 2 aromatic rings. The number of amides is 2. The minimum Gasteiger partial charge on any atom is -0.497 e. The van der Waals surface area contributed by atoms with E-state index in [0.717, 1.165) is 44.5 Å². The van der Waals surface area contributed by atoms with E-state index < -0.39 is 6.04 Å². The van der Waals surface area contributed by atoms with Gasteiger partial charge in [-0.2, -0.15) is 0 Å². The highest BCUT2D eigenvalue weighted by atomic mass is 19.1. The average molecular weight is 539 g/mol. The predicted octanol–water partition coefficient (Wildman–Crippen LogP) is 2.92. The zero-order valence-corrected chi connectivity index (χ0v) is 22.7. The molecular formula is C30H39FN4O4. The first-order valence-corrected chi connectivity index (χ1v) is 14.1. The number of hydrogen-bond donors (Lipinski definition) is 1. The van der Waals surface area contributed by atoms with Crippen molar-refractivity contribution in [2.24, 2.45) is 0 Å². The molecule has 210 valence electrons. The second-order valence-corrected chi connectivity index (χ2v) is 10.7. The summed E-state index contributed by atoms with van der Waals surface area (Å²) in [4.78, 5) is 33.8. The van der Waals surface area contributed by atoms with Crippen LogP contribution in [0.2, 0.25) is 0 Å². The molecule has 0 bridgehead atoms. The number of benzene rings is 2. The van der Waals surface area contributed by atoms with Crippen LogP contribution in [0.1, 0.15) is 41.6 Å². The van der Waals surface area contributed by atoms with Gasteiger partial charge in [0.1, 0.15) is 17.6 Å². The molecule has 0 aromatic heterocycles. The quantitative estimate of drug-likeness (QED) is 0.557. The first-order valence-electron chi connectivity index (χ1n) is 14.1. The van der Waals surface area contributed by atoms with Gasteiger partial charge in [0.25, 0.3) is 5.91 Å². The first kappa shape index (κ1) is 27.6. The molecule has 0 saturated carbocycles. The second kappa shape index (κ2) is 12.9. The normalized spacial score (nSPS) is 23.7. The lowest BCUT2D eigenvalue weighted by Gasteiger charge is -2.31. The van der Waals surface area contributed by atoms with Crippen LogP contribution in [-0.2, 0) is 16.1 Å². The number of methoxy groups -OCH3 is 1. The van der Waals surface area contributed by atoms with Crippen molar-refractivity contribution in [3.05, 3.63) is 65.5 Å². The van der Waals surface area contributed by atoms with Gasteiger partial charge in [0, 0.05) is 57.5 Å². The third-order valence-corrected chi connectivity index (χ3v) is 8.07. The average Bonchev–Trinajstić information content (AvgIpc) is 3.56. The van der Waals surface area contributed by atoms with E-state index in [0.29, 0.717) is 50.5 Å². The molecule has 2 amide bonds. The number of hydrogen-bond acceptors (Lipinski definition) is 6. The summed E-state index contributed by atoms with van der Waals surface area (Å²) < 4.78 is 25.0. The van der Waals surface area contributed by atoms with E-state index in [1.165, 1.54) is 12.1 Å². The van der Waals surface area contributed by atoms with Crippen molar-refractivity contribution >= 4 is 11.8 Å². The summed E-state index contributed by atoms with van der Waals surface area (Å²) in [5.41, 5.74) is 1.50. The van der Waals surface area contributed by atoms with E-state index in [2.05, 4.69) is 10.2 Å². The molecule has 1 N–H and O–H groups in total. The highest BCUT2D eigenvalue weighted by Crippen LogP contribution is 2.29. The standard InChI is InChI=1S/C30H39FN4O4/c1-38-26-6-2-5-23(17-26)29(36)35-20-25(18-28(35)30(37)33-14-4-12-32-13-15-33)34(21-27-7-3-16-39-27)19-22-8-10-24(31)11-9-22/h2,5-6,8-11,17,25,27-28,32H,3-4,7,12-16,18-21H2,1H3. The number of nitrogens with one attached hydrogen (secondary N) is 1. The Hall–Kier alpha value is -3.01. The SMILES string of the molecule is COc1cccc(C(=O)N2CC(N(Cc3ccc(F)cc3)CC3CCCO3)CC2C(=O)N2CCCNCC2)c1. The van der Waals surface area contributed by atoms with Crippen LogP contribution in [0.5, 0.6) is 5.75 Å². The number of carbonyl (C=O) groups is 2. The third kappa shape index (κ3) is 6.77. The van der Waals surface area contributed by atoms with Crippen LogP contribution in [0.4, 0.5) is 4.39 Å². The molecule has 9 heteroatoms. The zero-order chi connectivity index (χ0) is 27.2. The fraction of sp³-hybridized carbons (Fsp3) is 0.533. The first-order chi connectivity index (χ1) is 19.0. The molecule has 3 aliphatic heterocycles. The smallest absolute Gasteiger partial charge is 0.254 e. The highest BCUT2D eigenvalue weighted by molar-refractivity contribution is 5.98. The van der Waals surface area contributed by atoms with Crippen LogP contribution in [0, 0.1) is 5.82 Å². The lowest BCUT2D eigenvalue weighted by atomic mass is 10.1. The molecule has 0 radical (unpaired) electrons. The summed E-state index contributed by atoms with van der Waals surface area (Å²) in [5, 5.41) is 3.36. The van der Waals surface area contributed by atoms with Crippen molar-refractivity contribution in [3.63, 3.8) is 0 Å². The van der Waals surface area contributed by atoms with Gasteiger partial charge in [-0.1, -0.05) is 18.2 Å². The van der Waals surface area contributed by atoms with Crippen LogP contribution in [0.15, 0.2) is 48.5 Å². The van der Waals surface area contributed by atoms with Crippen molar-refractivity contribution in [2.75, 3.05) is 53.0 Å². The Bertz CT molecular complexity index is 1120. The van der Waals surface area contributed by atoms with Crippen LogP contribution in [0.25, 0.3) is 0 Å². The van der Waals surface area contributed by atoms with E-state index in [-0.39, 0.29) is 29.8 Å². The van der Waals surface area contributed by atoms with Gasteiger partial charge in [-0.05, 0) is 68.1 Å². The molecule has 5 rings (SSSR count). The fourth-order valence-electron chi connectivity index (χ4n) is 5.95. The number of ether oxygens (including phenoxy) is 2. The summed E-state index contributed by atoms with van der Waals surface area (Å²) in [5.74, 6) is 0.185. The lowest BCUT2D eigenvalue weighted by molar-refractivity contribution is -0.135. The molecule has 3 atom stereocenters. The Balaban J connectivity index is 1.42. The van der Waals surface area contributed by atoms with Crippen LogP contribution >= 0.6 is 0 Å². The Morgan fingerprint density at radius 1 is 1.13 bits per heavy atom. The maximum Gasteiger partial charge on any atom is 0.254 e. The van der Waals surface area contributed by atoms with Crippen molar-refractivity contribution < 1.29 is 23.5 Å². The minimum absolute atomic E-state index is 0.0105. The van der Waals surface area contributed by atoms with Crippen molar-refractivity contribution in [1.29, 1.82) is 0 Å².